The zero-order valence-electron chi connectivity index (χ0n) is 14.7. The molecular formula is C19H17F3N4O2. The Kier molecular flexibility index (Phi) is 4.44. The van der Waals surface area contributed by atoms with Crippen LogP contribution in [0.2, 0.25) is 0 Å². The molecule has 3 aromatic rings. The van der Waals surface area contributed by atoms with Crippen molar-refractivity contribution < 1.29 is 23.1 Å². The van der Waals surface area contributed by atoms with Crippen LogP contribution in [0.3, 0.4) is 0 Å². The van der Waals surface area contributed by atoms with Crippen LogP contribution in [-0.2, 0) is 19.1 Å². The van der Waals surface area contributed by atoms with Crippen LogP contribution in [0.4, 0.5) is 13.2 Å². The lowest BCUT2D eigenvalue weighted by molar-refractivity contribution is -0.141. The van der Waals surface area contributed by atoms with Crippen LogP contribution in [0.25, 0.3) is 10.8 Å². The number of nitrogens with one attached hydrogen (secondary N) is 1. The number of rotatable bonds is 3. The molecule has 28 heavy (non-hydrogen) atoms. The van der Waals surface area contributed by atoms with Gasteiger partial charge in [0.1, 0.15) is 5.82 Å². The minimum absolute atomic E-state index is 0.0330. The number of nitrogens with zero attached hydrogens (tertiary/aromatic N) is 3. The second-order valence-electron chi connectivity index (χ2n) is 6.85. The van der Waals surface area contributed by atoms with Gasteiger partial charge in [0.05, 0.1) is 0 Å². The minimum Gasteiger partial charge on any atom is -0.505 e. The van der Waals surface area contributed by atoms with Gasteiger partial charge in [0.15, 0.2) is 17.1 Å². The summed E-state index contributed by atoms with van der Waals surface area (Å²) >= 11 is 0. The molecule has 0 saturated carbocycles. The number of hydrogen-bond donors (Lipinski definition) is 2. The molecule has 2 aromatic heterocycles. The lowest BCUT2D eigenvalue weighted by Gasteiger charge is -2.23. The van der Waals surface area contributed by atoms with Crippen LogP contribution in [0.15, 0.2) is 36.7 Å². The lowest BCUT2D eigenvalue weighted by Crippen LogP contribution is -2.34. The van der Waals surface area contributed by atoms with Gasteiger partial charge in [-0.3, -0.25) is 4.79 Å². The van der Waals surface area contributed by atoms with Gasteiger partial charge in [-0.2, -0.15) is 13.2 Å². The number of fused-ring (bicyclic) bond motifs is 2. The molecule has 0 fully saturated rings. The summed E-state index contributed by atoms with van der Waals surface area (Å²) in [5.41, 5.74) is -0.963. The number of aromatic nitrogens is 3. The molecule has 3 heterocycles. The molecule has 1 aromatic carbocycles. The Morgan fingerprint density at radius 1 is 1.32 bits per heavy atom. The maximum Gasteiger partial charge on any atom is 0.434 e. The highest BCUT2D eigenvalue weighted by Crippen LogP contribution is 2.31. The number of halogens is 3. The standard InChI is InChI=1S/C19H17F3N4O2/c20-19(21,22)14-10-26-9-11(5-6-15(26)25-14)7-24-18(28)16-17(27)13-4-2-1-3-12(13)8-23-16/h1-4,8,10-11,27H,5-7,9H2,(H,24,28). The third-order valence-electron chi connectivity index (χ3n) is 4.92. The molecular weight excluding hydrogens is 373 g/mol. The Labute approximate surface area is 158 Å². The van der Waals surface area contributed by atoms with Gasteiger partial charge >= 0.3 is 6.18 Å². The summed E-state index contributed by atoms with van der Waals surface area (Å²) in [4.78, 5) is 20.1. The van der Waals surface area contributed by atoms with Crippen LogP contribution in [0.1, 0.15) is 28.4 Å². The molecule has 0 saturated heterocycles. The van der Waals surface area contributed by atoms with Gasteiger partial charge in [-0.25, -0.2) is 9.97 Å². The van der Waals surface area contributed by atoms with Crippen molar-refractivity contribution in [1.82, 2.24) is 19.9 Å². The summed E-state index contributed by atoms with van der Waals surface area (Å²) < 4.78 is 39.9. The predicted octanol–water partition coefficient (Wildman–Crippen LogP) is 3.15. The molecule has 146 valence electrons. The van der Waals surface area contributed by atoms with E-state index in [4.69, 9.17) is 0 Å². The van der Waals surface area contributed by atoms with E-state index in [1.165, 1.54) is 10.8 Å². The summed E-state index contributed by atoms with van der Waals surface area (Å²) in [6, 6.07) is 7.04. The van der Waals surface area contributed by atoms with Gasteiger partial charge < -0.3 is 15.0 Å². The van der Waals surface area contributed by atoms with Crippen molar-refractivity contribution in [2.24, 2.45) is 5.92 Å². The van der Waals surface area contributed by atoms with Gasteiger partial charge in [0.2, 0.25) is 0 Å². The number of amides is 1. The van der Waals surface area contributed by atoms with Gasteiger partial charge in [0.25, 0.3) is 5.91 Å². The highest BCUT2D eigenvalue weighted by atomic mass is 19.4. The molecule has 1 unspecified atom stereocenters. The summed E-state index contributed by atoms with van der Waals surface area (Å²) in [5, 5.41) is 14.3. The Morgan fingerprint density at radius 2 is 2.11 bits per heavy atom. The van der Waals surface area contributed by atoms with Crippen molar-refractivity contribution in [2.75, 3.05) is 6.54 Å². The van der Waals surface area contributed by atoms with E-state index >= 15 is 0 Å². The molecule has 1 amide bonds. The quantitative estimate of drug-likeness (QED) is 0.720. The molecule has 0 radical (unpaired) electrons. The predicted molar refractivity (Wildman–Crippen MR) is 94.8 cm³/mol. The summed E-state index contributed by atoms with van der Waals surface area (Å²) in [6.07, 6.45) is -0.907. The van der Waals surface area contributed by atoms with Crippen molar-refractivity contribution in [3.63, 3.8) is 0 Å². The number of alkyl halides is 3. The number of carbonyl (C=O) groups is 1. The normalized spacial score (nSPS) is 16.8. The van der Waals surface area contributed by atoms with Crippen LogP contribution < -0.4 is 5.32 Å². The van der Waals surface area contributed by atoms with Crippen molar-refractivity contribution in [3.8, 4) is 5.75 Å². The Balaban J connectivity index is 1.43. The average molecular weight is 390 g/mol. The first-order valence-electron chi connectivity index (χ1n) is 8.81. The van der Waals surface area contributed by atoms with Gasteiger partial charge in [-0.1, -0.05) is 24.3 Å². The number of pyridine rings is 1. The largest absolute Gasteiger partial charge is 0.505 e. The SMILES string of the molecule is O=C(NCC1CCc2nc(C(F)(F)F)cn2C1)c1ncc2ccccc2c1O. The fraction of sp³-hybridized carbons (Fsp3) is 0.316. The van der Waals surface area contributed by atoms with Crippen molar-refractivity contribution in [3.05, 3.63) is 53.9 Å². The zero-order chi connectivity index (χ0) is 19.9. The van der Waals surface area contributed by atoms with Crippen molar-refractivity contribution in [1.29, 1.82) is 0 Å². The summed E-state index contributed by atoms with van der Waals surface area (Å²) in [5.74, 6) is -0.334. The number of imidazole rings is 1. The molecule has 9 heteroatoms. The van der Waals surface area contributed by atoms with Gasteiger partial charge in [0, 0.05) is 42.7 Å². The van der Waals surface area contributed by atoms with Crippen LogP contribution in [0, 0.1) is 5.92 Å². The molecule has 2 N–H and O–H groups in total. The third kappa shape index (κ3) is 3.39. The molecule has 4 rings (SSSR count). The maximum atomic E-state index is 12.8. The fourth-order valence-corrected chi connectivity index (χ4v) is 3.45. The molecule has 0 aliphatic carbocycles. The van der Waals surface area contributed by atoms with Crippen LogP contribution >= 0.6 is 0 Å². The van der Waals surface area contributed by atoms with Gasteiger partial charge in [-0.15, -0.1) is 0 Å². The van der Waals surface area contributed by atoms with Crippen LogP contribution in [0.5, 0.6) is 5.75 Å². The molecule has 1 aliphatic heterocycles. The Morgan fingerprint density at radius 3 is 2.89 bits per heavy atom. The van der Waals surface area contributed by atoms with E-state index in [1.54, 1.807) is 24.3 Å². The number of aryl methyl sites for hydroxylation is 1. The lowest BCUT2D eigenvalue weighted by atomic mass is 9.99. The number of benzene rings is 1. The van der Waals surface area contributed by atoms with Crippen molar-refractivity contribution in [2.45, 2.75) is 25.6 Å². The topological polar surface area (TPSA) is 80.0 Å². The fourth-order valence-electron chi connectivity index (χ4n) is 3.45. The summed E-state index contributed by atoms with van der Waals surface area (Å²) in [7, 11) is 0. The van der Waals surface area contributed by atoms with E-state index in [1.807, 2.05) is 0 Å². The molecule has 1 aliphatic rings. The van der Waals surface area contributed by atoms with E-state index in [-0.39, 0.29) is 23.9 Å². The molecule has 6 nitrogen and oxygen atoms in total. The maximum absolute atomic E-state index is 12.8. The average Bonchev–Trinajstić information content (AvgIpc) is 3.10. The first kappa shape index (κ1) is 18.3. The van der Waals surface area contributed by atoms with Crippen LogP contribution in [-0.4, -0.2) is 32.1 Å². The molecule has 0 bridgehead atoms. The monoisotopic (exact) mass is 390 g/mol. The van der Waals surface area contributed by atoms with E-state index in [0.717, 1.165) is 11.6 Å². The Bertz CT molecular complexity index is 1050. The van der Waals surface area contributed by atoms with E-state index in [9.17, 15) is 23.1 Å². The van der Waals surface area contributed by atoms with E-state index in [0.29, 0.717) is 30.6 Å². The van der Waals surface area contributed by atoms with Crippen molar-refractivity contribution >= 4 is 16.7 Å². The number of aromatic hydroxyl groups is 1. The molecule has 1 atom stereocenters. The first-order chi connectivity index (χ1) is 13.3. The zero-order valence-corrected chi connectivity index (χ0v) is 14.7. The molecule has 0 spiro atoms. The van der Waals surface area contributed by atoms with E-state index in [2.05, 4.69) is 15.3 Å². The third-order valence-corrected chi connectivity index (χ3v) is 4.92. The first-order valence-corrected chi connectivity index (χ1v) is 8.81. The minimum atomic E-state index is -4.46. The highest BCUT2D eigenvalue weighted by Gasteiger charge is 2.35. The smallest absolute Gasteiger partial charge is 0.434 e. The second kappa shape index (κ2) is 6.81. The van der Waals surface area contributed by atoms with Gasteiger partial charge in [-0.05, 0) is 12.3 Å². The highest BCUT2D eigenvalue weighted by molar-refractivity contribution is 6.01. The Hall–Kier alpha value is -3.10. The number of carbonyl (C=O) groups excluding carboxylic acids is 1. The van der Waals surface area contributed by atoms with E-state index < -0.39 is 17.8 Å². The second-order valence-corrected chi connectivity index (χ2v) is 6.85. The summed E-state index contributed by atoms with van der Waals surface area (Å²) in [6.45, 7) is 0.613. The number of hydrogen-bond acceptors (Lipinski definition) is 4.